The summed E-state index contributed by atoms with van der Waals surface area (Å²) in [6.45, 7) is 0. The molecule has 0 spiro atoms. The summed E-state index contributed by atoms with van der Waals surface area (Å²) in [5.41, 5.74) is 2.99. The number of Topliss-reactive ketones (excluding diaryl/α,β-unsaturated/α-hetero) is 1. The monoisotopic (exact) mass is 332 g/mol. The van der Waals surface area contributed by atoms with Crippen LogP contribution in [0.3, 0.4) is 0 Å². The fraction of sp³-hybridized carbons (Fsp3) is 0.0455. The molecule has 0 amide bonds. The van der Waals surface area contributed by atoms with E-state index in [1.54, 1.807) is 6.07 Å². The lowest BCUT2D eigenvalue weighted by Gasteiger charge is -2.14. The van der Waals surface area contributed by atoms with E-state index in [-0.39, 0.29) is 17.3 Å². The van der Waals surface area contributed by atoms with Crippen LogP contribution < -0.4 is 0 Å². The lowest BCUT2D eigenvalue weighted by Crippen LogP contribution is -2.03. The van der Waals surface area contributed by atoms with Crippen LogP contribution in [0.1, 0.15) is 33.0 Å². The first-order valence-corrected chi connectivity index (χ1v) is 8.00. The fourth-order valence-corrected chi connectivity index (χ4v) is 3.36. The molecular formula is C22H14F2O. The smallest absolute Gasteiger partial charge is 0.190 e. The number of carbonyl (C=O) groups is 1. The van der Waals surface area contributed by atoms with Gasteiger partial charge in [0.05, 0.1) is 0 Å². The minimum atomic E-state index is -0.551. The molecule has 3 heteroatoms. The van der Waals surface area contributed by atoms with E-state index in [4.69, 9.17) is 0 Å². The van der Waals surface area contributed by atoms with E-state index in [0.29, 0.717) is 11.1 Å². The first kappa shape index (κ1) is 15.5. The van der Waals surface area contributed by atoms with E-state index >= 15 is 0 Å². The second-order valence-corrected chi connectivity index (χ2v) is 6.03. The Morgan fingerprint density at radius 2 is 1.56 bits per heavy atom. The van der Waals surface area contributed by atoms with E-state index in [2.05, 4.69) is 0 Å². The zero-order chi connectivity index (χ0) is 17.4. The zero-order valence-corrected chi connectivity index (χ0v) is 13.2. The molecule has 0 radical (unpaired) electrons. The normalized spacial score (nSPS) is 17.8. The molecule has 0 saturated carbocycles. The third kappa shape index (κ3) is 2.68. The van der Waals surface area contributed by atoms with Crippen LogP contribution >= 0.6 is 0 Å². The van der Waals surface area contributed by atoms with Crippen LogP contribution in [0.5, 0.6) is 0 Å². The number of ketones is 1. The van der Waals surface area contributed by atoms with Gasteiger partial charge >= 0.3 is 0 Å². The number of allylic oxidation sites excluding steroid dienone is 1. The maximum Gasteiger partial charge on any atom is 0.190 e. The van der Waals surface area contributed by atoms with E-state index in [1.165, 1.54) is 6.08 Å². The molecule has 0 fully saturated rings. The van der Waals surface area contributed by atoms with Crippen LogP contribution in [-0.2, 0) is 0 Å². The standard InChI is InChI=1S/C22H14F2O/c23-16-10-11-20(24)15(12-16)13-19-21(14-6-2-1-3-7-14)17-8-4-5-9-18(17)22(19)25/h1-13,21H. The molecule has 1 aliphatic rings. The highest BCUT2D eigenvalue weighted by atomic mass is 19.1. The van der Waals surface area contributed by atoms with Gasteiger partial charge in [-0.25, -0.2) is 8.78 Å². The molecule has 4 rings (SSSR count). The average molecular weight is 332 g/mol. The Hall–Kier alpha value is -3.07. The summed E-state index contributed by atoms with van der Waals surface area (Å²) in [5, 5.41) is 0. The molecule has 0 saturated heterocycles. The Kier molecular flexibility index (Phi) is 3.77. The van der Waals surface area contributed by atoms with Crippen molar-refractivity contribution in [1.82, 2.24) is 0 Å². The topological polar surface area (TPSA) is 17.1 Å². The maximum absolute atomic E-state index is 14.1. The number of halogens is 2. The van der Waals surface area contributed by atoms with E-state index in [0.717, 1.165) is 29.3 Å². The minimum Gasteiger partial charge on any atom is -0.289 e. The molecule has 0 aliphatic heterocycles. The van der Waals surface area contributed by atoms with Gasteiger partial charge < -0.3 is 0 Å². The second-order valence-electron chi connectivity index (χ2n) is 6.03. The van der Waals surface area contributed by atoms with Crippen molar-refractivity contribution < 1.29 is 13.6 Å². The molecule has 0 N–H and O–H groups in total. The second kappa shape index (κ2) is 6.10. The molecule has 1 nitrogen and oxygen atoms in total. The third-order valence-corrected chi connectivity index (χ3v) is 4.49. The van der Waals surface area contributed by atoms with Gasteiger partial charge in [-0.05, 0) is 35.4 Å². The molecule has 1 aliphatic carbocycles. The highest BCUT2D eigenvalue weighted by Gasteiger charge is 2.35. The first-order valence-electron chi connectivity index (χ1n) is 8.00. The Morgan fingerprint density at radius 3 is 2.36 bits per heavy atom. The van der Waals surface area contributed by atoms with Gasteiger partial charge in [0.1, 0.15) is 11.6 Å². The zero-order valence-electron chi connectivity index (χ0n) is 13.2. The molecule has 3 aromatic carbocycles. The molecule has 3 aromatic rings. The van der Waals surface area contributed by atoms with Crippen molar-refractivity contribution in [3.05, 3.63) is 112 Å². The first-order chi connectivity index (χ1) is 12.1. The number of carbonyl (C=O) groups excluding carboxylic acids is 1. The quantitative estimate of drug-likeness (QED) is 0.576. The SMILES string of the molecule is O=C1C(=Cc2cc(F)ccc2F)C(c2ccccc2)c2ccccc21. The summed E-state index contributed by atoms with van der Waals surface area (Å²) >= 11 is 0. The molecule has 25 heavy (non-hydrogen) atoms. The number of fused-ring (bicyclic) bond motifs is 1. The highest BCUT2D eigenvalue weighted by molar-refractivity contribution is 6.17. The van der Waals surface area contributed by atoms with E-state index in [1.807, 2.05) is 48.5 Å². The summed E-state index contributed by atoms with van der Waals surface area (Å²) in [5.74, 6) is -1.52. The lowest BCUT2D eigenvalue weighted by molar-refractivity contribution is 0.103. The molecule has 0 bridgehead atoms. The van der Waals surface area contributed by atoms with Crippen LogP contribution in [0, 0.1) is 11.6 Å². The van der Waals surface area contributed by atoms with Gasteiger partial charge in [-0.2, -0.15) is 0 Å². The van der Waals surface area contributed by atoms with Gasteiger partial charge in [0, 0.05) is 22.6 Å². The lowest BCUT2D eigenvalue weighted by atomic mass is 9.89. The number of hydrogen-bond acceptors (Lipinski definition) is 1. The van der Waals surface area contributed by atoms with Gasteiger partial charge in [0.25, 0.3) is 0 Å². The Balaban J connectivity index is 1.93. The van der Waals surface area contributed by atoms with Gasteiger partial charge in [0.15, 0.2) is 5.78 Å². The van der Waals surface area contributed by atoms with Crippen LogP contribution in [0.2, 0.25) is 0 Å². The van der Waals surface area contributed by atoms with Crippen molar-refractivity contribution >= 4 is 11.9 Å². The van der Waals surface area contributed by atoms with E-state index in [9.17, 15) is 13.6 Å². The number of hydrogen-bond donors (Lipinski definition) is 0. The van der Waals surface area contributed by atoms with Crippen LogP contribution in [0.25, 0.3) is 6.08 Å². The van der Waals surface area contributed by atoms with Crippen molar-refractivity contribution in [2.45, 2.75) is 5.92 Å². The Morgan fingerprint density at radius 1 is 0.840 bits per heavy atom. The predicted octanol–water partition coefficient (Wildman–Crippen LogP) is 5.38. The maximum atomic E-state index is 14.1. The van der Waals surface area contributed by atoms with Crippen molar-refractivity contribution in [3.63, 3.8) is 0 Å². The summed E-state index contributed by atoms with van der Waals surface area (Å²) in [6.07, 6.45) is 1.47. The number of rotatable bonds is 2. The van der Waals surface area contributed by atoms with Crippen molar-refractivity contribution in [2.24, 2.45) is 0 Å². The molecule has 122 valence electrons. The Bertz CT molecular complexity index is 990. The minimum absolute atomic E-state index is 0.0806. The van der Waals surface area contributed by atoms with Crippen molar-refractivity contribution in [2.75, 3.05) is 0 Å². The van der Waals surface area contributed by atoms with Gasteiger partial charge in [-0.15, -0.1) is 0 Å². The summed E-state index contributed by atoms with van der Waals surface area (Å²) < 4.78 is 27.6. The third-order valence-electron chi connectivity index (χ3n) is 4.49. The van der Waals surface area contributed by atoms with Crippen molar-refractivity contribution in [3.8, 4) is 0 Å². The largest absolute Gasteiger partial charge is 0.289 e. The summed E-state index contributed by atoms with van der Waals surface area (Å²) in [6, 6.07) is 20.2. The molecule has 1 atom stereocenters. The Labute approximate surface area is 144 Å². The fourth-order valence-electron chi connectivity index (χ4n) is 3.36. The van der Waals surface area contributed by atoms with Crippen LogP contribution in [0.15, 0.2) is 78.4 Å². The van der Waals surface area contributed by atoms with Crippen LogP contribution in [-0.4, -0.2) is 5.78 Å². The molecule has 1 unspecified atom stereocenters. The van der Waals surface area contributed by atoms with Gasteiger partial charge in [-0.3, -0.25) is 4.79 Å². The highest BCUT2D eigenvalue weighted by Crippen LogP contribution is 2.42. The number of benzene rings is 3. The molecule has 0 aromatic heterocycles. The summed E-state index contributed by atoms with van der Waals surface area (Å²) in [7, 11) is 0. The van der Waals surface area contributed by atoms with Gasteiger partial charge in [-0.1, -0.05) is 54.6 Å². The van der Waals surface area contributed by atoms with Crippen LogP contribution in [0.4, 0.5) is 8.78 Å². The van der Waals surface area contributed by atoms with E-state index < -0.39 is 11.6 Å². The predicted molar refractivity (Wildman–Crippen MR) is 93.4 cm³/mol. The molecule has 0 heterocycles. The van der Waals surface area contributed by atoms with Gasteiger partial charge in [0.2, 0.25) is 0 Å². The summed E-state index contributed by atoms with van der Waals surface area (Å²) in [4.78, 5) is 12.9. The van der Waals surface area contributed by atoms with Crippen molar-refractivity contribution in [1.29, 1.82) is 0 Å². The molecular weight excluding hydrogens is 318 g/mol. The average Bonchev–Trinajstić information content (AvgIpc) is 2.91.